The van der Waals surface area contributed by atoms with Crippen molar-refractivity contribution in [2.45, 2.75) is 51.2 Å². The van der Waals surface area contributed by atoms with Gasteiger partial charge in [-0.3, -0.25) is 4.98 Å². The normalized spacial score (nSPS) is 21.6. The minimum absolute atomic E-state index is 0.0513. The molecule has 0 aliphatic carbocycles. The van der Waals surface area contributed by atoms with Crippen molar-refractivity contribution in [1.82, 2.24) is 4.98 Å². The first kappa shape index (κ1) is 12.5. The molecule has 1 saturated heterocycles. The van der Waals surface area contributed by atoms with Crippen LogP contribution >= 0.6 is 0 Å². The van der Waals surface area contributed by atoms with E-state index in [1.807, 2.05) is 12.3 Å². The third-order valence-corrected chi connectivity index (χ3v) is 3.48. The highest BCUT2D eigenvalue weighted by Gasteiger charge is 2.18. The zero-order chi connectivity index (χ0) is 12.1. The van der Waals surface area contributed by atoms with E-state index < -0.39 is 0 Å². The Kier molecular flexibility index (Phi) is 4.51. The molecule has 1 aromatic heterocycles. The average Bonchev–Trinajstić information content (AvgIpc) is 2.89. The number of nitrogens with zero attached hydrogens (tertiary/aromatic N) is 1. The van der Waals surface area contributed by atoms with E-state index in [9.17, 15) is 0 Å². The molecule has 1 fully saturated rings. The fourth-order valence-electron chi connectivity index (χ4n) is 2.46. The van der Waals surface area contributed by atoms with E-state index in [2.05, 4.69) is 18.0 Å². The first-order valence-corrected chi connectivity index (χ1v) is 6.62. The van der Waals surface area contributed by atoms with Gasteiger partial charge in [0.2, 0.25) is 0 Å². The lowest BCUT2D eigenvalue weighted by molar-refractivity contribution is 0.101. The highest BCUT2D eigenvalue weighted by atomic mass is 16.5. The zero-order valence-corrected chi connectivity index (χ0v) is 10.6. The standard InChI is InChI=1S/C14H22N2O/c1-2-11-5-3-9-16-14(11)13(15)8-7-12-6-4-10-17-12/h3,5,9,12-13H,2,4,6-8,10,15H2,1H3. The number of ether oxygens (including phenoxy) is 1. The van der Waals surface area contributed by atoms with Gasteiger partial charge < -0.3 is 10.5 Å². The van der Waals surface area contributed by atoms with Crippen LogP contribution in [0.15, 0.2) is 18.3 Å². The molecule has 2 N–H and O–H groups in total. The third kappa shape index (κ3) is 3.27. The molecule has 0 aromatic carbocycles. The molecule has 94 valence electrons. The third-order valence-electron chi connectivity index (χ3n) is 3.48. The Hall–Kier alpha value is -0.930. The van der Waals surface area contributed by atoms with Crippen molar-refractivity contribution in [3.63, 3.8) is 0 Å². The van der Waals surface area contributed by atoms with Crippen LogP contribution in [0.2, 0.25) is 0 Å². The molecule has 0 bridgehead atoms. The first-order chi connectivity index (χ1) is 8.31. The molecule has 0 spiro atoms. The monoisotopic (exact) mass is 234 g/mol. The predicted octanol–water partition coefficient (Wildman–Crippen LogP) is 2.60. The molecule has 3 heteroatoms. The summed E-state index contributed by atoms with van der Waals surface area (Å²) in [4.78, 5) is 4.43. The van der Waals surface area contributed by atoms with E-state index >= 15 is 0 Å². The van der Waals surface area contributed by atoms with Crippen LogP contribution in [0.3, 0.4) is 0 Å². The van der Waals surface area contributed by atoms with Crippen LogP contribution in [-0.2, 0) is 11.2 Å². The molecule has 2 unspecified atom stereocenters. The number of pyridine rings is 1. The summed E-state index contributed by atoms with van der Waals surface area (Å²) in [5.41, 5.74) is 8.57. The molecule has 17 heavy (non-hydrogen) atoms. The summed E-state index contributed by atoms with van der Waals surface area (Å²) in [5.74, 6) is 0. The molecular formula is C14H22N2O. The number of aryl methyl sites for hydroxylation is 1. The van der Waals surface area contributed by atoms with Crippen molar-refractivity contribution in [3.8, 4) is 0 Å². The van der Waals surface area contributed by atoms with Gasteiger partial charge in [0.15, 0.2) is 0 Å². The smallest absolute Gasteiger partial charge is 0.0602 e. The molecule has 0 radical (unpaired) electrons. The summed E-state index contributed by atoms with van der Waals surface area (Å²) in [5, 5.41) is 0. The van der Waals surface area contributed by atoms with Gasteiger partial charge in [-0.25, -0.2) is 0 Å². The SMILES string of the molecule is CCc1cccnc1C(N)CCC1CCCO1. The second kappa shape index (κ2) is 6.12. The summed E-state index contributed by atoms with van der Waals surface area (Å²) < 4.78 is 5.62. The molecule has 1 aliphatic heterocycles. The van der Waals surface area contributed by atoms with Crippen LogP contribution < -0.4 is 5.73 Å². The summed E-state index contributed by atoms with van der Waals surface area (Å²) in [6.07, 6.45) is 7.67. The van der Waals surface area contributed by atoms with Gasteiger partial charge in [-0.1, -0.05) is 13.0 Å². The number of aromatic nitrogens is 1. The Morgan fingerprint density at radius 1 is 1.59 bits per heavy atom. The van der Waals surface area contributed by atoms with Crippen molar-refractivity contribution in [1.29, 1.82) is 0 Å². The van der Waals surface area contributed by atoms with Crippen LogP contribution in [0, 0.1) is 0 Å². The minimum atomic E-state index is 0.0513. The lowest BCUT2D eigenvalue weighted by atomic mass is 9.99. The molecule has 0 saturated carbocycles. The maximum atomic E-state index is 6.23. The maximum Gasteiger partial charge on any atom is 0.0602 e. The average molecular weight is 234 g/mol. The number of hydrogen-bond acceptors (Lipinski definition) is 3. The van der Waals surface area contributed by atoms with E-state index in [1.54, 1.807) is 0 Å². The van der Waals surface area contributed by atoms with Gasteiger partial charge in [-0.05, 0) is 43.7 Å². The van der Waals surface area contributed by atoms with Crippen LogP contribution in [-0.4, -0.2) is 17.7 Å². The van der Waals surface area contributed by atoms with Gasteiger partial charge in [-0.2, -0.15) is 0 Å². The first-order valence-electron chi connectivity index (χ1n) is 6.62. The molecule has 2 heterocycles. The highest BCUT2D eigenvalue weighted by molar-refractivity contribution is 5.22. The second-order valence-corrected chi connectivity index (χ2v) is 4.72. The molecule has 2 atom stereocenters. The van der Waals surface area contributed by atoms with Gasteiger partial charge in [0, 0.05) is 18.8 Å². The molecular weight excluding hydrogens is 212 g/mol. The summed E-state index contributed by atoms with van der Waals surface area (Å²) in [7, 11) is 0. The Morgan fingerprint density at radius 2 is 2.47 bits per heavy atom. The Morgan fingerprint density at radius 3 is 3.18 bits per heavy atom. The summed E-state index contributed by atoms with van der Waals surface area (Å²) >= 11 is 0. The lowest BCUT2D eigenvalue weighted by Gasteiger charge is -2.16. The molecule has 1 aromatic rings. The predicted molar refractivity (Wildman–Crippen MR) is 68.8 cm³/mol. The van der Waals surface area contributed by atoms with Crippen molar-refractivity contribution in [2.75, 3.05) is 6.61 Å². The van der Waals surface area contributed by atoms with Crippen molar-refractivity contribution in [3.05, 3.63) is 29.6 Å². The van der Waals surface area contributed by atoms with Crippen LogP contribution in [0.1, 0.15) is 49.9 Å². The van der Waals surface area contributed by atoms with Crippen LogP contribution in [0.25, 0.3) is 0 Å². The zero-order valence-electron chi connectivity index (χ0n) is 10.6. The van der Waals surface area contributed by atoms with Crippen LogP contribution in [0.5, 0.6) is 0 Å². The molecule has 3 nitrogen and oxygen atoms in total. The van der Waals surface area contributed by atoms with E-state index in [0.29, 0.717) is 6.10 Å². The number of nitrogens with two attached hydrogens (primary N) is 1. The molecule has 0 amide bonds. The fraction of sp³-hybridized carbons (Fsp3) is 0.643. The number of rotatable bonds is 5. The fourth-order valence-corrected chi connectivity index (χ4v) is 2.46. The Labute approximate surface area is 103 Å². The summed E-state index contributed by atoms with van der Waals surface area (Å²) in [6.45, 7) is 3.07. The van der Waals surface area contributed by atoms with E-state index in [0.717, 1.165) is 31.6 Å². The van der Waals surface area contributed by atoms with Crippen molar-refractivity contribution >= 4 is 0 Å². The van der Waals surface area contributed by atoms with Gasteiger partial charge in [0.1, 0.15) is 0 Å². The minimum Gasteiger partial charge on any atom is -0.378 e. The quantitative estimate of drug-likeness (QED) is 0.852. The van der Waals surface area contributed by atoms with Crippen molar-refractivity contribution < 1.29 is 4.74 Å². The maximum absolute atomic E-state index is 6.23. The van der Waals surface area contributed by atoms with Crippen LogP contribution in [0.4, 0.5) is 0 Å². The van der Waals surface area contributed by atoms with Gasteiger partial charge in [-0.15, -0.1) is 0 Å². The van der Waals surface area contributed by atoms with Gasteiger partial charge in [0.05, 0.1) is 11.8 Å². The molecule has 2 rings (SSSR count). The second-order valence-electron chi connectivity index (χ2n) is 4.72. The Balaban J connectivity index is 1.91. The highest BCUT2D eigenvalue weighted by Crippen LogP contribution is 2.23. The largest absolute Gasteiger partial charge is 0.378 e. The Bertz CT molecular complexity index is 348. The topological polar surface area (TPSA) is 48.1 Å². The van der Waals surface area contributed by atoms with E-state index in [4.69, 9.17) is 10.5 Å². The number of hydrogen-bond donors (Lipinski definition) is 1. The van der Waals surface area contributed by atoms with Gasteiger partial charge in [0.25, 0.3) is 0 Å². The van der Waals surface area contributed by atoms with Crippen molar-refractivity contribution in [2.24, 2.45) is 5.73 Å². The van der Waals surface area contributed by atoms with E-state index in [1.165, 1.54) is 18.4 Å². The summed E-state index contributed by atoms with van der Waals surface area (Å²) in [6, 6.07) is 4.15. The van der Waals surface area contributed by atoms with E-state index in [-0.39, 0.29) is 6.04 Å². The molecule has 1 aliphatic rings. The van der Waals surface area contributed by atoms with Gasteiger partial charge >= 0.3 is 0 Å². The lowest BCUT2D eigenvalue weighted by Crippen LogP contribution is -2.17.